The van der Waals surface area contributed by atoms with Gasteiger partial charge in [-0.1, -0.05) is 32.0 Å². The summed E-state index contributed by atoms with van der Waals surface area (Å²) < 4.78 is 0. The third kappa shape index (κ3) is 4.55. The number of H-pyrrole nitrogens is 1. The molecular weight excluding hydrogens is 398 g/mol. The third-order valence-corrected chi connectivity index (χ3v) is 5.60. The van der Waals surface area contributed by atoms with Gasteiger partial charge in [0.2, 0.25) is 0 Å². The number of nitrogens with zero attached hydrogens (tertiary/aromatic N) is 4. The lowest BCUT2D eigenvalue weighted by Crippen LogP contribution is -2.48. The molecule has 0 spiro atoms. The van der Waals surface area contributed by atoms with Crippen molar-refractivity contribution in [2.45, 2.75) is 40.0 Å². The number of hydrogen-bond donors (Lipinski definition) is 1. The molecule has 162 valence electrons. The van der Waals surface area contributed by atoms with Gasteiger partial charge in [-0.2, -0.15) is 10.5 Å². The Labute approximate surface area is 189 Å². The Morgan fingerprint density at radius 2 is 1.81 bits per heavy atom. The van der Waals surface area contributed by atoms with Crippen LogP contribution in [-0.4, -0.2) is 33.9 Å². The van der Waals surface area contributed by atoms with Gasteiger partial charge < -0.3 is 9.88 Å². The zero-order valence-electron chi connectivity index (χ0n) is 18.9. The summed E-state index contributed by atoms with van der Waals surface area (Å²) in [5, 5.41) is 17.8. The Bertz CT molecular complexity index is 1190. The number of hydrogen-bond acceptors (Lipinski definition) is 4. The number of nitriles is 2. The Balaban J connectivity index is 0.00000141. The maximum absolute atomic E-state index is 13.0. The molecule has 1 aliphatic rings. The fraction of sp³-hybridized carbons (Fsp3) is 0.308. The fourth-order valence-electron chi connectivity index (χ4n) is 3.82. The maximum atomic E-state index is 13.0. The van der Waals surface area contributed by atoms with Crippen LogP contribution >= 0.6 is 0 Å². The Morgan fingerprint density at radius 1 is 1.12 bits per heavy atom. The number of aryl methyl sites for hydroxylation is 2. The standard InChI is InChI=1S/C24H21N5O.C2H6/c1-15-3-6-19(11-21(15)23-16(2)27-22(28-23)9-10-25)24(30)29-13-20(14-29)18-7-4-17(12-26)5-8-18;1-2/h3-8,11,20H,9,13-14H2,1-2H3,(H,27,28);1-2H3. The molecule has 1 N–H and O–H groups in total. The number of amides is 1. The van der Waals surface area contributed by atoms with Crippen LogP contribution in [0.4, 0.5) is 0 Å². The van der Waals surface area contributed by atoms with Crippen molar-refractivity contribution in [2.24, 2.45) is 0 Å². The minimum absolute atomic E-state index is 0.00609. The molecule has 0 aliphatic carbocycles. The number of rotatable bonds is 4. The summed E-state index contributed by atoms with van der Waals surface area (Å²) in [6, 6.07) is 17.5. The summed E-state index contributed by atoms with van der Waals surface area (Å²) >= 11 is 0. The average molecular weight is 426 g/mol. The smallest absolute Gasteiger partial charge is 0.253 e. The molecule has 6 heteroatoms. The minimum atomic E-state index is 0.00609. The molecule has 1 fully saturated rings. The molecule has 2 aromatic carbocycles. The first-order chi connectivity index (χ1) is 15.5. The van der Waals surface area contributed by atoms with Gasteiger partial charge in [-0.05, 0) is 49.2 Å². The first kappa shape index (κ1) is 22.8. The van der Waals surface area contributed by atoms with E-state index in [1.807, 2.05) is 75.1 Å². The van der Waals surface area contributed by atoms with Crippen molar-refractivity contribution in [1.29, 1.82) is 10.5 Å². The minimum Gasteiger partial charge on any atom is -0.345 e. The van der Waals surface area contributed by atoms with Gasteiger partial charge in [-0.3, -0.25) is 4.79 Å². The summed E-state index contributed by atoms with van der Waals surface area (Å²) in [7, 11) is 0. The van der Waals surface area contributed by atoms with Crippen LogP contribution in [0, 0.1) is 36.5 Å². The largest absolute Gasteiger partial charge is 0.345 e. The maximum Gasteiger partial charge on any atom is 0.253 e. The van der Waals surface area contributed by atoms with Crippen LogP contribution in [0.2, 0.25) is 0 Å². The Morgan fingerprint density at radius 3 is 2.44 bits per heavy atom. The Kier molecular flexibility index (Phi) is 7.07. The van der Waals surface area contributed by atoms with Crippen LogP contribution in [0.3, 0.4) is 0 Å². The van der Waals surface area contributed by atoms with Gasteiger partial charge in [0.1, 0.15) is 5.82 Å². The molecule has 1 amide bonds. The highest BCUT2D eigenvalue weighted by Gasteiger charge is 2.32. The van der Waals surface area contributed by atoms with Crippen LogP contribution in [-0.2, 0) is 6.42 Å². The highest BCUT2D eigenvalue weighted by atomic mass is 16.2. The van der Waals surface area contributed by atoms with E-state index in [0.29, 0.717) is 36.0 Å². The molecule has 0 atom stereocenters. The second kappa shape index (κ2) is 9.94. The van der Waals surface area contributed by atoms with Crippen molar-refractivity contribution in [3.05, 3.63) is 76.2 Å². The third-order valence-electron chi connectivity index (χ3n) is 5.60. The number of carbonyl (C=O) groups excluding carboxylic acids is 1. The number of benzene rings is 2. The first-order valence-electron chi connectivity index (χ1n) is 10.8. The lowest BCUT2D eigenvalue weighted by atomic mass is 9.90. The summed E-state index contributed by atoms with van der Waals surface area (Å²) in [4.78, 5) is 22.5. The van der Waals surface area contributed by atoms with E-state index >= 15 is 0 Å². The number of imidazole rings is 1. The lowest BCUT2D eigenvalue weighted by Gasteiger charge is -2.39. The average Bonchev–Trinajstić information content (AvgIpc) is 3.15. The van der Waals surface area contributed by atoms with Gasteiger partial charge in [0.25, 0.3) is 5.91 Å². The van der Waals surface area contributed by atoms with Crippen LogP contribution in [0.15, 0.2) is 42.5 Å². The molecular formula is C26H27N5O. The zero-order valence-corrected chi connectivity index (χ0v) is 18.9. The van der Waals surface area contributed by atoms with Crippen molar-refractivity contribution >= 4 is 5.91 Å². The van der Waals surface area contributed by atoms with Gasteiger partial charge >= 0.3 is 0 Å². The molecule has 0 unspecified atom stereocenters. The lowest BCUT2D eigenvalue weighted by molar-refractivity contribution is 0.0602. The van der Waals surface area contributed by atoms with Gasteiger partial charge in [-0.15, -0.1) is 0 Å². The Hall–Kier alpha value is -3.90. The second-order valence-corrected chi connectivity index (χ2v) is 7.66. The van der Waals surface area contributed by atoms with E-state index in [9.17, 15) is 4.79 Å². The van der Waals surface area contributed by atoms with E-state index in [0.717, 1.165) is 28.1 Å². The summed E-state index contributed by atoms with van der Waals surface area (Å²) in [5.41, 5.74) is 6.04. The molecule has 3 aromatic rings. The molecule has 2 heterocycles. The van der Waals surface area contributed by atoms with E-state index in [1.54, 1.807) is 0 Å². The summed E-state index contributed by atoms with van der Waals surface area (Å²) in [6.07, 6.45) is 0.225. The van der Waals surface area contributed by atoms with E-state index in [4.69, 9.17) is 10.5 Å². The van der Waals surface area contributed by atoms with Crippen LogP contribution in [0.1, 0.15) is 58.3 Å². The number of aromatic amines is 1. The molecule has 1 aromatic heterocycles. The van der Waals surface area contributed by atoms with E-state index in [1.165, 1.54) is 0 Å². The first-order valence-corrected chi connectivity index (χ1v) is 10.8. The number of likely N-dealkylation sites (tertiary alicyclic amines) is 1. The predicted octanol–water partition coefficient (Wildman–Crippen LogP) is 4.90. The number of carbonyl (C=O) groups is 1. The van der Waals surface area contributed by atoms with Crippen LogP contribution in [0.5, 0.6) is 0 Å². The molecule has 32 heavy (non-hydrogen) atoms. The highest BCUT2D eigenvalue weighted by molar-refractivity contribution is 5.96. The van der Waals surface area contributed by atoms with Crippen LogP contribution in [0.25, 0.3) is 11.3 Å². The van der Waals surface area contributed by atoms with Crippen molar-refractivity contribution in [2.75, 3.05) is 13.1 Å². The summed E-state index contributed by atoms with van der Waals surface area (Å²) in [6.45, 7) is 9.25. The molecule has 0 radical (unpaired) electrons. The molecule has 4 rings (SSSR count). The van der Waals surface area contributed by atoms with Gasteiger partial charge in [0, 0.05) is 35.8 Å². The van der Waals surface area contributed by atoms with Crippen molar-refractivity contribution in [3.63, 3.8) is 0 Å². The quantitative estimate of drug-likeness (QED) is 0.643. The van der Waals surface area contributed by atoms with E-state index < -0.39 is 0 Å². The van der Waals surface area contributed by atoms with E-state index in [-0.39, 0.29) is 12.3 Å². The SMILES string of the molecule is CC.Cc1ccc(C(=O)N2CC(c3ccc(C#N)cc3)C2)cc1-c1nc(CC#N)[nH]c1C. The van der Waals surface area contributed by atoms with Gasteiger partial charge in [0.15, 0.2) is 0 Å². The fourth-order valence-corrected chi connectivity index (χ4v) is 3.82. The monoisotopic (exact) mass is 425 g/mol. The summed E-state index contributed by atoms with van der Waals surface area (Å²) in [5.74, 6) is 0.939. The topological polar surface area (TPSA) is 96.6 Å². The number of nitrogens with one attached hydrogen (secondary N) is 1. The highest BCUT2D eigenvalue weighted by Crippen LogP contribution is 2.31. The van der Waals surface area contributed by atoms with Crippen LogP contribution < -0.4 is 0 Å². The van der Waals surface area contributed by atoms with Gasteiger partial charge in [-0.25, -0.2) is 4.98 Å². The molecule has 1 aliphatic heterocycles. The normalized spacial score (nSPS) is 12.8. The second-order valence-electron chi connectivity index (χ2n) is 7.66. The van der Waals surface area contributed by atoms with Crippen molar-refractivity contribution in [1.82, 2.24) is 14.9 Å². The van der Waals surface area contributed by atoms with Crippen molar-refractivity contribution < 1.29 is 4.79 Å². The van der Waals surface area contributed by atoms with Crippen molar-refractivity contribution in [3.8, 4) is 23.4 Å². The zero-order chi connectivity index (χ0) is 23.3. The van der Waals surface area contributed by atoms with E-state index in [2.05, 4.69) is 22.1 Å². The molecule has 0 bridgehead atoms. The predicted molar refractivity (Wildman–Crippen MR) is 124 cm³/mol. The molecule has 6 nitrogen and oxygen atoms in total. The van der Waals surface area contributed by atoms with Gasteiger partial charge in [0.05, 0.1) is 29.8 Å². The molecule has 1 saturated heterocycles. The number of aromatic nitrogens is 2. The molecule has 0 saturated carbocycles.